The Balaban J connectivity index is 1.47. The van der Waals surface area contributed by atoms with Gasteiger partial charge in [0.15, 0.2) is 0 Å². The van der Waals surface area contributed by atoms with E-state index < -0.39 is 0 Å². The van der Waals surface area contributed by atoms with Gasteiger partial charge in [0, 0.05) is 22.6 Å². The van der Waals surface area contributed by atoms with Crippen molar-refractivity contribution < 1.29 is 18.8 Å². The zero-order chi connectivity index (χ0) is 19.9. The van der Waals surface area contributed by atoms with Gasteiger partial charge in [0.25, 0.3) is 5.91 Å². The minimum Gasteiger partial charge on any atom is -0.426 e. The van der Waals surface area contributed by atoms with Gasteiger partial charge in [-0.05, 0) is 50.2 Å². The number of carbonyl (C=O) groups excluding carboxylic acids is 2. The van der Waals surface area contributed by atoms with Gasteiger partial charge >= 0.3 is 5.97 Å². The summed E-state index contributed by atoms with van der Waals surface area (Å²) in [7, 11) is 0. The molecule has 0 spiro atoms. The molecule has 1 heterocycles. The summed E-state index contributed by atoms with van der Waals surface area (Å²) in [6.45, 7) is 3.73. The molecule has 0 aliphatic rings. The van der Waals surface area contributed by atoms with Crippen LogP contribution in [0.15, 0.2) is 59.1 Å². The van der Waals surface area contributed by atoms with Crippen molar-refractivity contribution in [2.45, 2.75) is 19.6 Å². The van der Waals surface area contributed by atoms with Crippen LogP contribution < -0.4 is 10.1 Å². The first-order valence-electron chi connectivity index (χ1n) is 8.69. The molecule has 28 heavy (non-hydrogen) atoms. The molecule has 0 unspecified atom stereocenters. The minimum atomic E-state index is -0.335. The van der Waals surface area contributed by atoms with Crippen molar-refractivity contribution in [2.24, 2.45) is 0 Å². The van der Waals surface area contributed by atoms with E-state index in [2.05, 4.69) is 10.5 Å². The van der Waals surface area contributed by atoms with Crippen LogP contribution >= 0.6 is 11.8 Å². The van der Waals surface area contributed by atoms with Crippen LogP contribution in [0.25, 0.3) is 0 Å². The lowest BCUT2D eigenvalue weighted by molar-refractivity contribution is -0.131. The topological polar surface area (TPSA) is 81.4 Å². The van der Waals surface area contributed by atoms with Crippen molar-refractivity contribution in [3.63, 3.8) is 0 Å². The van der Waals surface area contributed by atoms with Crippen molar-refractivity contribution >= 4 is 29.3 Å². The molecule has 2 aromatic carbocycles. The number of hydrogen-bond acceptors (Lipinski definition) is 6. The Labute approximate surface area is 167 Å². The van der Waals surface area contributed by atoms with E-state index in [-0.39, 0.29) is 17.6 Å². The van der Waals surface area contributed by atoms with Crippen LogP contribution in [0.5, 0.6) is 5.75 Å². The third kappa shape index (κ3) is 5.23. The standard InChI is InChI=1S/C21H20N2O4S/c1-14-19(15(2)27-23-14)12-28-13-20(24)26-18-10-8-17(9-11-18)22-21(25)16-6-4-3-5-7-16/h3-11H,12-13H2,1-2H3,(H,22,25). The van der Waals surface area contributed by atoms with Crippen LogP contribution in [-0.4, -0.2) is 22.8 Å². The molecule has 1 N–H and O–H groups in total. The Bertz CT molecular complexity index is 933. The van der Waals surface area contributed by atoms with E-state index in [1.165, 1.54) is 11.8 Å². The second-order valence-corrected chi connectivity index (χ2v) is 7.10. The lowest BCUT2D eigenvalue weighted by atomic mass is 10.2. The largest absolute Gasteiger partial charge is 0.426 e. The molecular weight excluding hydrogens is 376 g/mol. The summed E-state index contributed by atoms with van der Waals surface area (Å²) < 4.78 is 10.4. The quantitative estimate of drug-likeness (QED) is 0.471. The van der Waals surface area contributed by atoms with Crippen molar-refractivity contribution in [1.82, 2.24) is 5.16 Å². The Morgan fingerprint density at radius 3 is 2.43 bits per heavy atom. The van der Waals surface area contributed by atoms with Gasteiger partial charge in [0.05, 0.1) is 11.4 Å². The van der Waals surface area contributed by atoms with Crippen LogP contribution in [0.2, 0.25) is 0 Å². The molecule has 0 saturated carbocycles. The zero-order valence-electron chi connectivity index (χ0n) is 15.6. The third-order valence-electron chi connectivity index (χ3n) is 4.03. The Hall–Kier alpha value is -3.06. The Morgan fingerprint density at radius 2 is 1.79 bits per heavy atom. The molecule has 6 nitrogen and oxygen atoms in total. The number of carbonyl (C=O) groups is 2. The van der Waals surface area contributed by atoms with Gasteiger partial charge in [-0.15, -0.1) is 11.8 Å². The number of rotatable bonds is 7. The van der Waals surface area contributed by atoms with Crippen LogP contribution in [0.1, 0.15) is 27.4 Å². The lowest BCUT2D eigenvalue weighted by Crippen LogP contribution is -2.12. The number of hydrogen-bond donors (Lipinski definition) is 1. The molecule has 1 aromatic heterocycles. The number of amides is 1. The fraction of sp³-hybridized carbons (Fsp3) is 0.190. The van der Waals surface area contributed by atoms with Crippen molar-refractivity contribution in [2.75, 3.05) is 11.1 Å². The Morgan fingerprint density at radius 1 is 1.07 bits per heavy atom. The van der Waals surface area contributed by atoms with Crippen molar-refractivity contribution in [3.05, 3.63) is 77.2 Å². The molecule has 0 saturated heterocycles. The van der Waals surface area contributed by atoms with Crippen LogP contribution in [-0.2, 0) is 10.5 Å². The summed E-state index contributed by atoms with van der Waals surface area (Å²) >= 11 is 1.44. The molecule has 0 bridgehead atoms. The van der Waals surface area contributed by atoms with E-state index in [9.17, 15) is 9.59 Å². The van der Waals surface area contributed by atoms with Crippen LogP contribution in [0.3, 0.4) is 0 Å². The number of nitrogens with zero attached hydrogens (tertiary/aromatic N) is 1. The van der Waals surface area contributed by atoms with Gasteiger partial charge in [0.1, 0.15) is 11.5 Å². The molecule has 0 aliphatic heterocycles. The van der Waals surface area contributed by atoms with E-state index in [0.29, 0.717) is 22.8 Å². The highest BCUT2D eigenvalue weighted by Crippen LogP contribution is 2.21. The van der Waals surface area contributed by atoms with Gasteiger partial charge in [0.2, 0.25) is 0 Å². The molecule has 0 fully saturated rings. The summed E-state index contributed by atoms with van der Waals surface area (Å²) in [4.78, 5) is 24.1. The van der Waals surface area contributed by atoms with Gasteiger partial charge in [-0.1, -0.05) is 23.4 Å². The number of benzene rings is 2. The number of esters is 1. The summed E-state index contributed by atoms with van der Waals surface area (Å²) in [5, 5.41) is 6.70. The smallest absolute Gasteiger partial charge is 0.321 e. The minimum absolute atomic E-state index is 0.193. The molecule has 0 radical (unpaired) electrons. The molecular formula is C21H20N2O4S. The van der Waals surface area contributed by atoms with Gasteiger partial charge in [-0.3, -0.25) is 9.59 Å². The predicted molar refractivity (Wildman–Crippen MR) is 109 cm³/mol. The number of anilines is 1. The van der Waals surface area contributed by atoms with E-state index in [0.717, 1.165) is 17.0 Å². The number of aryl methyl sites for hydroxylation is 2. The summed E-state index contributed by atoms with van der Waals surface area (Å²) in [5.41, 5.74) is 3.05. The maximum atomic E-state index is 12.1. The number of aromatic nitrogens is 1. The number of thioether (sulfide) groups is 1. The Kier molecular flexibility index (Phi) is 6.49. The van der Waals surface area contributed by atoms with E-state index in [4.69, 9.17) is 9.26 Å². The highest BCUT2D eigenvalue weighted by molar-refractivity contribution is 7.99. The van der Waals surface area contributed by atoms with Crippen LogP contribution in [0.4, 0.5) is 5.69 Å². The molecule has 0 aliphatic carbocycles. The second kappa shape index (κ2) is 9.23. The molecule has 3 aromatic rings. The van der Waals surface area contributed by atoms with Gasteiger partial charge in [-0.25, -0.2) is 0 Å². The van der Waals surface area contributed by atoms with E-state index in [1.807, 2.05) is 19.9 Å². The fourth-order valence-electron chi connectivity index (χ4n) is 2.50. The second-order valence-electron chi connectivity index (χ2n) is 6.11. The van der Waals surface area contributed by atoms with Gasteiger partial charge in [-0.2, -0.15) is 0 Å². The van der Waals surface area contributed by atoms with E-state index >= 15 is 0 Å². The highest BCUT2D eigenvalue weighted by atomic mass is 32.2. The first-order valence-corrected chi connectivity index (χ1v) is 9.85. The van der Waals surface area contributed by atoms with E-state index in [1.54, 1.807) is 48.5 Å². The van der Waals surface area contributed by atoms with Crippen molar-refractivity contribution in [1.29, 1.82) is 0 Å². The monoisotopic (exact) mass is 396 g/mol. The first kappa shape index (κ1) is 19.7. The zero-order valence-corrected chi connectivity index (χ0v) is 16.4. The first-order chi connectivity index (χ1) is 13.5. The maximum Gasteiger partial charge on any atom is 0.321 e. The summed E-state index contributed by atoms with van der Waals surface area (Å²) in [6.07, 6.45) is 0. The molecule has 3 rings (SSSR count). The average molecular weight is 396 g/mol. The molecule has 0 atom stereocenters. The van der Waals surface area contributed by atoms with Crippen molar-refractivity contribution in [3.8, 4) is 5.75 Å². The third-order valence-corrected chi connectivity index (χ3v) is 4.96. The van der Waals surface area contributed by atoms with Gasteiger partial charge < -0.3 is 14.6 Å². The predicted octanol–water partition coefficient (Wildman–Crippen LogP) is 4.38. The summed E-state index contributed by atoms with van der Waals surface area (Å²) in [5.74, 6) is 1.53. The number of nitrogens with one attached hydrogen (secondary N) is 1. The fourth-order valence-corrected chi connectivity index (χ4v) is 3.45. The SMILES string of the molecule is Cc1noc(C)c1CSCC(=O)Oc1ccc(NC(=O)c2ccccc2)cc1. The number of ether oxygens (including phenoxy) is 1. The molecule has 7 heteroatoms. The highest BCUT2D eigenvalue weighted by Gasteiger charge is 2.11. The molecule has 144 valence electrons. The lowest BCUT2D eigenvalue weighted by Gasteiger charge is -2.07. The average Bonchev–Trinajstić information content (AvgIpc) is 3.02. The normalized spacial score (nSPS) is 10.5. The maximum absolute atomic E-state index is 12.1. The summed E-state index contributed by atoms with van der Waals surface area (Å²) in [6, 6.07) is 15.6. The van der Waals surface area contributed by atoms with Crippen LogP contribution in [0, 0.1) is 13.8 Å². The molecule has 1 amide bonds.